The molecule has 28 heavy (non-hydrogen) atoms. The van der Waals surface area contributed by atoms with E-state index >= 15 is 0 Å². The zero-order valence-corrected chi connectivity index (χ0v) is 18.0. The van der Waals surface area contributed by atoms with Crippen molar-refractivity contribution in [2.75, 3.05) is 13.6 Å². The molecule has 3 aliphatic rings. The Morgan fingerprint density at radius 1 is 1.21 bits per heavy atom. The number of aromatic hydroxyl groups is 1. The highest BCUT2D eigenvalue weighted by Crippen LogP contribution is 2.58. The Kier molecular flexibility index (Phi) is 5.33. The molecule has 1 saturated carbocycles. The van der Waals surface area contributed by atoms with Gasteiger partial charge in [0, 0.05) is 24.3 Å². The molecule has 0 unspecified atom stereocenters. The summed E-state index contributed by atoms with van der Waals surface area (Å²) in [5, 5.41) is 10.1. The summed E-state index contributed by atoms with van der Waals surface area (Å²) in [7, 11) is 2.25. The van der Waals surface area contributed by atoms with Crippen LogP contribution in [0.3, 0.4) is 0 Å². The molecule has 1 saturated heterocycles. The highest BCUT2D eigenvalue weighted by atomic mass is 16.3. The third-order valence-electron chi connectivity index (χ3n) is 8.82. The van der Waals surface area contributed by atoms with Crippen LogP contribution in [0.5, 0.6) is 5.75 Å². The van der Waals surface area contributed by atoms with Gasteiger partial charge >= 0.3 is 0 Å². The second kappa shape index (κ2) is 7.48. The average molecular weight is 384 g/mol. The highest BCUT2D eigenvalue weighted by molar-refractivity contribution is 5.78. The molecule has 4 rings (SSSR count). The van der Waals surface area contributed by atoms with Gasteiger partial charge in [0.15, 0.2) is 0 Å². The summed E-state index contributed by atoms with van der Waals surface area (Å²) in [6.07, 6.45) is 11.0. The number of fused-ring (bicyclic) bond motifs is 4. The maximum Gasteiger partial charge on any atom is 0.132 e. The molecule has 0 aromatic heterocycles. The van der Waals surface area contributed by atoms with Gasteiger partial charge in [-0.2, -0.15) is 0 Å². The number of hydrogen-bond donors (Lipinski definition) is 1. The van der Waals surface area contributed by atoms with E-state index in [1.807, 2.05) is 12.1 Å². The van der Waals surface area contributed by atoms with E-state index in [9.17, 15) is 9.90 Å². The van der Waals surface area contributed by atoms with Gasteiger partial charge in [-0.15, -0.1) is 0 Å². The lowest BCUT2D eigenvalue weighted by Gasteiger charge is -2.62. The summed E-state index contributed by atoms with van der Waals surface area (Å²) in [6.45, 7) is 5.87. The fraction of sp³-hybridized carbons (Fsp3) is 0.720. The molecule has 1 heterocycles. The number of hydrogen-bond acceptors (Lipinski definition) is 3. The molecule has 2 fully saturated rings. The number of carbonyl (C=O) groups excluding carboxylic acids is 1. The van der Waals surface area contributed by atoms with Gasteiger partial charge < -0.3 is 10.0 Å². The number of carbonyl (C=O) groups is 1. The molecule has 2 aliphatic carbocycles. The van der Waals surface area contributed by atoms with Crippen LogP contribution in [0.25, 0.3) is 0 Å². The minimum absolute atomic E-state index is 0.0161. The predicted octanol–water partition coefficient (Wildman–Crippen LogP) is 5.24. The second-order valence-corrected chi connectivity index (χ2v) is 10.3. The van der Waals surface area contributed by atoms with Crippen molar-refractivity contribution in [3.05, 3.63) is 29.3 Å². The number of nitrogens with zero attached hydrogens (tertiary/aromatic N) is 1. The molecule has 0 amide bonds. The lowest BCUT2D eigenvalue weighted by Crippen LogP contribution is -2.64. The second-order valence-electron chi connectivity index (χ2n) is 10.3. The van der Waals surface area contributed by atoms with Gasteiger partial charge in [-0.05, 0) is 73.9 Å². The number of phenolic OH excluding ortho intramolecular Hbond substituents is 1. The Balaban J connectivity index is 1.52. The summed E-state index contributed by atoms with van der Waals surface area (Å²) in [6, 6.07) is 6.40. The maximum absolute atomic E-state index is 12.7. The van der Waals surface area contributed by atoms with Crippen molar-refractivity contribution >= 4 is 5.78 Å². The van der Waals surface area contributed by atoms with E-state index < -0.39 is 0 Å². The topological polar surface area (TPSA) is 40.5 Å². The first-order valence-corrected chi connectivity index (χ1v) is 11.4. The molecule has 3 atom stereocenters. The van der Waals surface area contributed by atoms with Crippen LogP contribution in [0.15, 0.2) is 18.2 Å². The molecule has 1 N–H and O–H groups in total. The Morgan fingerprint density at radius 2 is 1.96 bits per heavy atom. The smallest absolute Gasteiger partial charge is 0.132 e. The number of Topliss-reactive ketones (excluding diaryl/α,β-unsaturated/α-hetero) is 1. The highest BCUT2D eigenvalue weighted by Gasteiger charge is 2.57. The first kappa shape index (κ1) is 19.9. The van der Waals surface area contributed by atoms with Crippen LogP contribution in [0.2, 0.25) is 0 Å². The van der Waals surface area contributed by atoms with Crippen molar-refractivity contribution in [2.24, 2.45) is 11.3 Å². The van der Waals surface area contributed by atoms with E-state index in [1.165, 1.54) is 36.8 Å². The fourth-order valence-electron chi connectivity index (χ4n) is 6.61. The summed E-state index contributed by atoms with van der Waals surface area (Å²) in [5.74, 6) is 1.62. The number of phenols is 1. The van der Waals surface area contributed by atoms with Crippen molar-refractivity contribution in [3.8, 4) is 5.75 Å². The van der Waals surface area contributed by atoms with Gasteiger partial charge in [0.25, 0.3) is 0 Å². The molecule has 3 nitrogen and oxygen atoms in total. The van der Waals surface area contributed by atoms with E-state index in [4.69, 9.17) is 0 Å². The van der Waals surface area contributed by atoms with E-state index in [-0.39, 0.29) is 10.8 Å². The van der Waals surface area contributed by atoms with Crippen LogP contribution in [0.4, 0.5) is 0 Å². The number of likely N-dealkylation sites (tertiary alicyclic amines) is 1. The van der Waals surface area contributed by atoms with Crippen molar-refractivity contribution < 1.29 is 9.90 Å². The Morgan fingerprint density at radius 3 is 2.71 bits per heavy atom. The van der Waals surface area contributed by atoms with Crippen molar-refractivity contribution in [1.29, 1.82) is 0 Å². The lowest BCUT2D eigenvalue weighted by molar-refractivity contribution is -0.121. The number of piperidine rings is 1. The number of rotatable bonds is 6. The van der Waals surface area contributed by atoms with Crippen LogP contribution in [-0.4, -0.2) is 35.4 Å². The molecule has 3 heteroatoms. The third kappa shape index (κ3) is 3.30. The van der Waals surface area contributed by atoms with Crippen LogP contribution in [0, 0.1) is 11.3 Å². The molecular weight excluding hydrogens is 346 g/mol. The van der Waals surface area contributed by atoms with Crippen LogP contribution in [0.1, 0.15) is 82.8 Å². The quantitative estimate of drug-likeness (QED) is 0.731. The summed E-state index contributed by atoms with van der Waals surface area (Å²) < 4.78 is 0. The fourth-order valence-corrected chi connectivity index (χ4v) is 6.61. The molecule has 1 aliphatic heterocycles. The monoisotopic (exact) mass is 383 g/mol. The van der Waals surface area contributed by atoms with Crippen molar-refractivity contribution in [1.82, 2.24) is 4.90 Å². The Bertz CT molecular complexity index is 738. The first-order valence-electron chi connectivity index (χ1n) is 11.4. The van der Waals surface area contributed by atoms with Gasteiger partial charge in [0.05, 0.1) is 0 Å². The molecule has 154 valence electrons. The summed E-state index contributed by atoms with van der Waals surface area (Å²) in [4.78, 5) is 15.3. The maximum atomic E-state index is 12.7. The van der Waals surface area contributed by atoms with E-state index in [2.05, 4.69) is 31.9 Å². The van der Waals surface area contributed by atoms with E-state index in [0.717, 1.165) is 44.6 Å². The minimum Gasteiger partial charge on any atom is -0.508 e. The van der Waals surface area contributed by atoms with Gasteiger partial charge in [-0.3, -0.25) is 4.79 Å². The number of ketones is 1. The molecule has 2 bridgehead atoms. The molecular formula is C25H37NO2. The first-order chi connectivity index (χ1) is 13.3. The van der Waals surface area contributed by atoms with Gasteiger partial charge in [-0.1, -0.05) is 45.6 Å². The molecule has 0 spiro atoms. The summed E-state index contributed by atoms with van der Waals surface area (Å²) in [5.41, 5.74) is 2.77. The lowest BCUT2D eigenvalue weighted by atomic mass is 9.49. The van der Waals surface area contributed by atoms with Crippen LogP contribution < -0.4 is 0 Å². The number of likely N-dealkylation sites (N-methyl/N-ethyl adjacent to an activating group) is 1. The van der Waals surface area contributed by atoms with Crippen LogP contribution in [-0.2, 0) is 16.6 Å². The number of benzene rings is 1. The van der Waals surface area contributed by atoms with Crippen molar-refractivity contribution in [3.63, 3.8) is 0 Å². The standard InChI is InChI=1S/C25H37NO2/c1-24-14-15-26(3)23(16-19-9-11-21(28)17-22(19)24)25(24,2)13-12-20(27)10-8-18-6-4-5-7-18/h9,11,17-18,23,28H,4-8,10,12-16H2,1-3H3/t23-,24+,25+/m1/s1. The molecule has 1 aromatic rings. The average Bonchev–Trinajstić information content (AvgIpc) is 3.19. The molecule has 0 radical (unpaired) electrons. The van der Waals surface area contributed by atoms with Gasteiger partial charge in [0.1, 0.15) is 11.5 Å². The van der Waals surface area contributed by atoms with E-state index in [0.29, 0.717) is 24.0 Å². The minimum atomic E-state index is 0.0161. The van der Waals surface area contributed by atoms with Gasteiger partial charge in [-0.25, -0.2) is 0 Å². The van der Waals surface area contributed by atoms with Gasteiger partial charge in [0.2, 0.25) is 0 Å². The Hall–Kier alpha value is -1.35. The van der Waals surface area contributed by atoms with Crippen LogP contribution >= 0.6 is 0 Å². The van der Waals surface area contributed by atoms with E-state index in [1.54, 1.807) is 0 Å². The zero-order chi connectivity index (χ0) is 19.9. The zero-order valence-electron chi connectivity index (χ0n) is 18.0. The Labute approximate surface area is 170 Å². The summed E-state index contributed by atoms with van der Waals surface area (Å²) >= 11 is 0. The SMILES string of the molecule is CN1CC[C@@]2(C)c3cc(O)ccc3C[C@@H]1[C@]2(C)CCC(=O)CCC1CCCC1. The molecule has 1 aromatic carbocycles. The normalized spacial score (nSPS) is 33.0. The largest absolute Gasteiger partial charge is 0.508 e. The van der Waals surface area contributed by atoms with Crippen molar-refractivity contribution in [2.45, 2.75) is 89.5 Å². The third-order valence-corrected chi connectivity index (χ3v) is 8.82. The predicted molar refractivity (Wildman–Crippen MR) is 114 cm³/mol.